The van der Waals surface area contributed by atoms with Gasteiger partial charge in [-0.15, -0.1) is 22.7 Å². The summed E-state index contributed by atoms with van der Waals surface area (Å²) in [7, 11) is 0. The first-order valence-electron chi connectivity index (χ1n) is 38.2. The number of hydrogen-bond acceptors (Lipinski definition) is 4. The predicted molar refractivity (Wildman–Crippen MR) is 473 cm³/mol. The Bertz CT molecular complexity index is 8650. The van der Waals surface area contributed by atoms with Crippen LogP contribution in [0.3, 0.4) is 0 Å². The molecule has 0 aliphatic rings. The second-order valence-corrected chi connectivity index (χ2v) is 32.0. The number of para-hydroxylation sites is 6. The summed E-state index contributed by atoms with van der Waals surface area (Å²) in [5.41, 5.74) is 29.2. The Labute approximate surface area is 645 Å². The highest BCUT2D eigenvalue weighted by Gasteiger charge is 2.26. The maximum atomic E-state index is 5.49. The van der Waals surface area contributed by atoms with E-state index >= 15 is 0 Å². The van der Waals surface area contributed by atoms with E-state index in [0.717, 1.165) is 117 Å². The Morgan fingerprint density at radius 2 is 0.554 bits per heavy atom. The van der Waals surface area contributed by atoms with E-state index in [1.165, 1.54) is 122 Å². The zero-order chi connectivity index (χ0) is 72.7. The second-order valence-electron chi connectivity index (χ2n) is 29.9. The monoisotopic (exact) mass is 1460 g/mol. The van der Waals surface area contributed by atoms with Crippen LogP contribution >= 0.6 is 22.7 Å². The Kier molecular flexibility index (Phi) is 12.2. The molecular weight excluding hydrogens is 1400 g/mol. The largest absolute Gasteiger partial charge is 0.309 e. The first-order valence-corrected chi connectivity index (χ1v) is 39.8. The molecule has 0 amide bonds. The molecule has 26 rings (SSSR count). The minimum Gasteiger partial charge on any atom is -0.309 e. The average molecular weight is 1460 g/mol. The minimum absolute atomic E-state index is 0.960. The number of thiophene rings is 2. The van der Waals surface area contributed by atoms with Crippen molar-refractivity contribution in [2.45, 2.75) is 0 Å². The molecule has 112 heavy (non-hydrogen) atoms. The number of pyridine rings is 2. The van der Waals surface area contributed by atoms with Gasteiger partial charge in [0.05, 0.1) is 97.0 Å². The first-order chi connectivity index (χ1) is 55.5. The van der Waals surface area contributed by atoms with E-state index in [-0.39, 0.29) is 0 Å². The van der Waals surface area contributed by atoms with Crippen LogP contribution in [0, 0.1) is 0 Å². The van der Waals surface area contributed by atoms with E-state index in [1.54, 1.807) is 0 Å². The van der Waals surface area contributed by atoms with Crippen LogP contribution in [0.2, 0.25) is 0 Å². The third-order valence-electron chi connectivity index (χ3n) is 24.1. The van der Waals surface area contributed by atoms with Crippen molar-refractivity contribution in [2.24, 2.45) is 0 Å². The third-order valence-corrected chi connectivity index (χ3v) is 26.6. The molecule has 0 aliphatic carbocycles. The third kappa shape index (κ3) is 8.32. The number of benzene rings is 16. The molecule has 0 unspecified atom stereocenters. The summed E-state index contributed by atoms with van der Waals surface area (Å²) >= 11 is 3.76. The molecule has 10 heterocycles. The van der Waals surface area contributed by atoms with Crippen LogP contribution in [0.4, 0.5) is 0 Å². The van der Waals surface area contributed by atoms with Crippen LogP contribution in [0.5, 0.6) is 0 Å². The van der Waals surface area contributed by atoms with Gasteiger partial charge < -0.3 is 18.3 Å². The van der Waals surface area contributed by atoms with Crippen molar-refractivity contribution in [2.75, 3.05) is 0 Å². The average Bonchev–Trinajstić information content (AvgIpc) is 1.55. The zero-order valence-electron chi connectivity index (χ0n) is 59.9. The van der Waals surface area contributed by atoms with Crippen molar-refractivity contribution in [3.63, 3.8) is 0 Å². The number of aromatic nitrogens is 8. The minimum atomic E-state index is 0.960. The van der Waals surface area contributed by atoms with Gasteiger partial charge in [-0.2, -0.15) is 0 Å². The molecule has 26 aromatic rings. The fourth-order valence-corrected chi connectivity index (χ4v) is 21.8. The van der Waals surface area contributed by atoms with Crippen LogP contribution in [0.1, 0.15) is 0 Å². The number of nitrogens with zero attached hydrogens (tertiary/aromatic N) is 8. The van der Waals surface area contributed by atoms with Crippen molar-refractivity contribution in [3.8, 4) is 56.1 Å². The van der Waals surface area contributed by atoms with Crippen LogP contribution in [-0.2, 0) is 0 Å². The number of imidazole rings is 2. The molecule has 0 spiro atoms. The molecule has 0 saturated heterocycles. The Morgan fingerprint density at radius 1 is 0.196 bits per heavy atom. The lowest BCUT2D eigenvalue weighted by Crippen LogP contribution is -1.95. The molecule has 8 nitrogen and oxygen atoms in total. The molecule has 0 atom stereocenters. The molecule has 0 radical (unpaired) electrons. The highest BCUT2D eigenvalue weighted by molar-refractivity contribution is 7.27. The molecule has 0 bridgehead atoms. The maximum Gasteiger partial charge on any atom is 0.146 e. The van der Waals surface area contributed by atoms with Crippen LogP contribution < -0.4 is 0 Å². The van der Waals surface area contributed by atoms with Gasteiger partial charge in [-0.1, -0.05) is 200 Å². The summed E-state index contributed by atoms with van der Waals surface area (Å²) in [6.45, 7) is 0. The molecule has 0 fully saturated rings. The van der Waals surface area contributed by atoms with Gasteiger partial charge in [-0.05, 0) is 185 Å². The summed E-state index contributed by atoms with van der Waals surface area (Å²) in [5, 5.41) is 16.8. The highest BCUT2D eigenvalue weighted by atomic mass is 32.1. The normalized spacial score (nSPS) is 12.5. The zero-order valence-corrected chi connectivity index (χ0v) is 61.5. The highest BCUT2D eigenvalue weighted by Crippen LogP contribution is 2.49. The number of rotatable bonds is 7. The van der Waals surface area contributed by atoms with Gasteiger partial charge in [0, 0.05) is 97.2 Å². The van der Waals surface area contributed by atoms with Crippen LogP contribution in [0.15, 0.2) is 352 Å². The number of hydrogen-bond donors (Lipinski definition) is 0. The summed E-state index contributed by atoms with van der Waals surface area (Å²) in [5.74, 6) is 0. The van der Waals surface area contributed by atoms with E-state index in [0.29, 0.717) is 0 Å². The van der Waals surface area contributed by atoms with Gasteiger partial charge in [0.25, 0.3) is 0 Å². The van der Waals surface area contributed by atoms with Gasteiger partial charge in [0.15, 0.2) is 0 Å². The standard InChI is InChI=1S/C102H58N8S2/c1-3-20-65(21-4-1)105-84-33-15-11-24-68(84)76-52-59(38-46-86(76)105)61-40-48-88-78(54-61)79-55-62(41-49-89(79)107(88)67-44-45-83-94(58-67)110-96-74-30-13-18-37-95(74)111-99(96)70-26-7-9-28-72(70)102(110)104-83)64-43-51-91-81(57-64)80-56-63(60-39-47-87-77(53-60)69-25-12-16-34-85(69)106(87)66-22-5-2-6-23-66)42-50-90(80)108(91)93-36-19-31-75-97-100(112-98(75)93)71-27-8-10-29-73(71)101-103-82-32-14-17-35-92(82)109(97)101/h1-58H. The lowest BCUT2D eigenvalue weighted by Gasteiger charge is -2.11. The summed E-state index contributed by atoms with van der Waals surface area (Å²) in [4.78, 5) is 10.8. The molecular formula is C102H58N8S2. The summed E-state index contributed by atoms with van der Waals surface area (Å²) in [6, 6.07) is 131. The fourth-order valence-electron chi connectivity index (χ4n) is 19.2. The summed E-state index contributed by atoms with van der Waals surface area (Å²) < 4.78 is 19.7. The number of fused-ring (bicyclic) bond motifs is 32. The maximum absolute atomic E-state index is 5.49. The van der Waals surface area contributed by atoms with E-state index in [1.807, 2.05) is 22.7 Å². The van der Waals surface area contributed by atoms with E-state index in [9.17, 15) is 0 Å². The quantitative estimate of drug-likeness (QED) is 0.160. The van der Waals surface area contributed by atoms with E-state index < -0.39 is 0 Å². The van der Waals surface area contributed by atoms with E-state index in [2.05, 4.69) is 379 Å². The van der Waals surface area contributed by atoms with Crippen molar-refractivity contribution in [1.82, 2.24) is 37.0 Å². The smallest absolute Gasteiger partial charge is 0.146 e. The molecule has 0 N–H and O–H groups in total. The van der Waals surface area contributed by atoms with Crippen LogP contribution in [-0.4, -0.2) is 37.0 Å². The Hall–Kier alpha value is -14.4. The lowest BCUT2D eigenvalue weighted by atomic mass is 9.98. The van der Waals surface area contributed by atoms with Gasteiger partial charge >= 0.3 is 0 Å². The van der Waals surface area contributed by atoms with Gasteiger partial charge in [-0.25, -0.2) is 9.97 Å². The van der Waals surface area contributed by atoms with E-state index in [4.69, 9.17) is 9.97 Å². The van der Waals surface area contributed by atoms with Gasteiger partial charge in [0.2, 0.25) is 0 Å². The predicted octanol–water partition coefficient (Wildman–Crippen LogP) is 27.7. The molecule has 10 aromatic heterocycles. The summed E-state index contributed by atoms with van der Waals surface area (Å²) in [6.07, 6.45) is 0. The first kappa shape index (κ1) is 60.6. The SMILES string of the molecule is c1ccc(-n2c3ccccc3c3cc(-c4ccc5c(c4)c4cc(-c6ccc7c(c6)c6cc(-c8ccc9c(c8)c8ccccc8n9-c8ccccc8)ccc6n7-c6cccc7c6sc6c8ccccc8c8nc9ccccc9n8c76)ccc4n5-c4ccc5nc6c7ccccc7c7sc8ccccc8c7n6c5c4)ccc32)cc1. The molecule has 518 valence electrons. The lowest BCUT2D eigenvalue weighted by molar-refractivity contribution is 1.18. The molecule has 16 aromatic carbocycles. The van der Waals surface area contributed by atoms with Crippen molar-refractivity contribution in [3.05, 3.63) is 352 Å². The van der Waals surface area contributed by atoms with Gasteiger partial charge in [-0.3, -0.25) is 8.80 Å². The molecule has 0 aliphatic heterocycles. The topological polar surface area (TPSA) is 54.3 Å². The molecule has 0 saturated carbocycles. The second kappa shape index (κ2) is 22.6. The van der Waals surface area contributed by atoms with Crippen molar-refractivity contribution < 1.29 is 0 Å². The van der Waals surface area contributed by atoms with Crippen LogP contribution in [0.25, 0.3) is 239 Å². The van der Waals surface area contributed by atoms with Crippen molar-refractivity contribution >= 4 is 205 Å². The van der Waals surface area contributed by atoms with Crippen molar-refractivity contribution in [1.29, 1.82) is 0 Å². The van der Waals surface area contributed by atoms with Gasteiger partial charge in [0.1, 0.15) is 11.3 Å². The molecule has 10 heteroatoms. The Balaban J connectivity index is 0.705. The fraction of sp³-hybridized carbons (Fsp3) is 0. The Morgan fingerprint density at radius 3 is 1.06 bits per heavy atom.